The van der Waals surface area contributed by atoms with Gasteiger partial charge < -0.3 is 9.42 Å². The molecular formula is C15H19ClN4O. The van der Waals surface area contributed by atoms with E-state index in [2.05, 4.69) is 10.1 Å². The van der Waals surface area contributed by atoms with E-state index in [0.29, 0.717) is 0 Å². The van der Waals surface area contributed by atoms with Crippen molar-refractivity contribution in [1.29, 1.82) is 0 Å². The first kappa shape index (κ1) is 14.5. The first-order valence-corrected chi connectivity index (χ1v) is 7.52. The van der Waals surface area contributed by atoms with Crippen molar-refractivity contribution >= 4 is 11.6 Å². The Morgan fingerprint density at radius 3 is 2.57 bits per heavy atom. The summed E-state index contributed by atoms with van der Waals surface area (Å²) in [5, 5.41) is 6.72. The highest BCUT2D eigenvalue weighted by molar-refractivity contribution is 6.30. The molecule has 2 N–H and O–H groups in total. The molecule has 21 heavy (non-hydrogen) atoms. The van der Waals surface area contributed by atoms with Crippen LogP contribution in [0.4, 0.5) is 0 Å². The molecule has 0 radical (unpaired) electrons. The molecule has 1 aromatic heterocycles. The molecular weight excluding hydrogens is 288 g/mol. The highest BCUT2D eigenvalue weighted by Gasteiger charge is 2.15. The minimum Gasteiger partial charge on any atom is -0.361 e. The van der Waals surface area contributed by atoms with Crippen LogP contribution >= 0.6 is 11.6 Å². The van der Waals surface area contributed by atoms with Gasteiger partial charge in [-0.25, -0.2) is 5.01 Å². The van der Waals surface area contributed by atoms with E-state index >= 15 is 0 Å². The molecule has 1 aliphatic heterocycles. The molecule has 1 aliphatic rings. The van der Waals surface area contributed by atoms with Crippen LogP contribution in [0, 0.1) is 0 Å². The number of hydrogen-bond acceptors (Lipinski definition) is 5. The summed E-state index contributed by atoms with van der Waals surface area (Å²) in [5.74, 6) is 6.66. The Balaban J connectivity index is 1.56. The van der Waals surface area contributed by atoms with Crippen molar-refractivity contribution < 1.29 is 4.52 Å². The second kappa shape index (κ2) is 6.58. The Labute approximate surface area is 129 Å². The average molecular weight is 307 g/mol. The van der Waals surface area contributed by atoms with Gasteiger partial charge in [0.05, 0.1) is 0 Å². The lowest BCUT2D eigenvalue weighted by molar-refractivity contribution is 0.133. The smallest absolute Gasteiger partial charge is 0.138 e. The van der Waals surface area contributed by atoms with E-state index in [-0.39, 0.29) is 0 Å². The summed E-state index contributed by atoms with van der Waals surface area (Å²) in [6, 6.07) is 9.62. The molecule has 2 heterocycles. The van der Waals surface area contributed by atoms with Crippen LogP contribution in [0.25, 0.3) is 11.3 Å². The van der Waals surface area contributed by atoms with E-state index in [4.69, 9.17) is 22.0 Å². The number of aromatic nitrogens is 1. The van der Waals surface area contributed by atoms with Crippen LogP contribution in [0.3, 0.4) is 0 Å². The first-order chi connectivity index (χ1) is 10.2. The Morgan fingerprint density at radius 2 is 1.86 bits per heavy atom. The lowest BCUT2D eigenvalue weighted by Gasteiger charge is -2.31. The third-order valence-corrected chi connectivity index (χ3v) is 4.03. The summed E-state index contributed by atoms with van der Waals surface area (Å²) < 4.78 is 5.42. The lowest BCUT2D eigenvalue weighted by Crippen LogP contribution is -2.49. The van der Waals surface area contributed by atoms with Crippen LogP contribution in [0.15, 0.2) is 34.9 Å². The molecule has 1 aromatic carbocycles. The van der Waals surface area contributed by atoms with Gasteiger partial charge in [-0.15, -0.1) is 0 Å². The molecule has 0 aliphatic carbocycles. The van der Waals surface area contributed by atoms with Crippen LogP contribution < -0.4 is 5.84 Å². The summed E-state index contributed by atoms with van der Waals surface area (Å²) in [5.41, 5.74) is 1.87. The van der Waals surface area contributed by atoms with Crippen molar-refractivity contribution in [2.75, 3.05) is 32.7 Å². The summed E-state index contributed by atoms with van der Waals surface area (Å²) >= 11 is 5.89. The Bertz CT molecular complexity index is 576. The number of halogens is 1. The van der Waals surface area contributed by atoms with Crippen molar-refractivity contribution in [3.63, 3.8) is 0 Å². The van der Waals surface area contributed by atoms with Crippen LogP contribution in [-0.2, 0) is 6.42 Å². The topological polar surface area (TPSA) is 58.5 Å². The van der Waals surface area contributed by atoms with Gasteiger partial charge in [0.1, 0.15) is 11.5 Å². The highest BCUT2D eigenvalue weighted by atomic mass is 35.5. The third kappa shape index (κ3) is 3.83. The zero-order valence-corrected chi connectivity index (χ0v) is 12.6. The second-order valence-electron chi connectivity index (χ2n) is 5.31. The molecule has 0 spiro atoms. The number of nitrogens with two attached hydrogens (primary N) is 1. The van der Waals surface area contributed by atoms with Gasteiger partial charge in [0.25, 0.3) is 0 Å². The fraction of sp³-hybridized carbons (Fsp3) is 0.400. The van der Waals surface area contributed by atoms with Gasteiger partial charge in [-0.3, -0.25) is 5.84 Å². The largest absolute Gasteiger partial charge is 0.361 e. The predicted octanol–water partition coefficient (Wildman–Crippen LogP) is 2.03. The molecule has 6 heteroatoms. The number of piperazine rings is 1. The van der Waals surface area contributed by atoms with Gasteiger partial charge in [-0.05, 0) is 12.1 Å². The van der Waals surface area contributed by atoms with Crippen molar-refractivity contribution in [3.05, 3.63) is 41.1 Å². The highest BCUT2D eigenvalue weighted by Crippen LogP contribution is 2.21. The predicted molar refractivity (Wildman–Crippen MR) is 82.9 cm³/mol. The molecule has 3 rings (SSSR count). The zero-order valence-electron chi connectivity index (χ0n) is 11.8. The van der Waals surface area contributed by atoms with E-state index in [0.717, 1.165) is 61.2 Å². The number of hydrogen-bond donors (Lipinski definition) is 1. The molecule has 0 amide bonds. The van der Waals surface area contributed by atoms with Gasteiger partial charge in [0.15, 0.2) is 0 Å². The maximum Gasteiger partial charge on any atom is 0.138 e. The van der Waals surface area contributed by atoms with Crippen molar-refractivity contribution in [2.24, 2.45) is 5.84 Å². The van der Waals surface area contributed by atoms with E-state index in [1.807, 2.05) is 35.3 Å². The fourth-order valence-corrected chi connectivity index (χ4v) is 2.57. The second-order valence-corrected chi connectivity index (χ2v) is 5.75. The zero-order chi connectivity index (χ0) is 14.7. The molecule has 0 unspecified atom stereocenters. The van der Waals surface area contributed by atoms with Crippen molar-refractivity contribution in [3.8, 4) is 11.3 Å². The van der Waals surface area contributed by atoms with E-state index in [1.54, 1.807) is 0 Å². The number of rotatable bonds is 4. The molecule has 5 nitrogen and oxygen atoms in total. The van der Waals surface area contributed by atoms with Crippen LogP contribution in [0.2, 0.25) is 5.02 Å². The van der Waals surface area contributed by atoms with E-state index < -0.39 is 0 Å². The molecule has 0 bridgehead atoms. The number of benzene rings is 1. The fourth-order valence-electron chi connectivity index (χ4n) is 2.44. The minimum absolute atomic E-state index is 0.724. The molecule has 1 saturated heterocycles. The van der Waals surface area contributed by atoms with Gasteiger partial charge in [-0.1, -0.05) is 28.9 Å². The Morgan fingerprint density at radius 1 is 1.14 bits per heavy atom. The molecule has 0 saturated carbocycles. The van der Waals surface area contributed by atoms with Gasteiger partial charge in [0, 0.05) is 55.8 Å². The van der Waals surface area contributed by atoms with Crippen LogP contribution in [-0.4, -0.2) is 47.8 Å². The van der Waals surface area contributed by atoms with E-state index in [1.165, 1.54) is 0 Å². The monoisotopic (exact) mass is 306 g/mol. The Hall–Kier alpha value is -1.40. The van der Waals surface area contributed by atoms with E-state index in [9.17, 15) is 0 Å². The molecule has 2 aromatic rings. The van der Waals surface area contributed by atoms with Gasteiger partial charge >= 0.3 is 0 Å². The number of hydrazine groups is 1. The Kier molecular flexibility index (Phi) is 4.55. The standard InChI is InChI=1S/C15H19ClN4O/c16-13-3-1-12(2-4-13)15-11-14(21-18-15)5-6-19-7-9-20(17)10-8-19/h1-4,11H,5-10,17H2. The van der Waals surface area contributed by atoms with Crippen LogP contribution in [0.1, 0.15) is 5.76 Å². The first-order valence-electron chi connectivity index (χ1n) is 7.14. The van der Waals surface area contributed by atoms with Gasteiger partial charge in [0.2, 0.25) is 0 Å². The lowest BCUT2D eigenvalue weighted by atomic mass is 10.1. The molecule has 112 valence electrons. The molecule has 0 atom stereocenters. The maximum atomic E-state index is 5.89. The summed E-state index contributed by atoms with van der Waals surface area (Å²) in [7, 11) is 0. The van der Waals surface area contributed by atoms with Crippen molar-refractivity contribution in [2.45, 2.75) is 6.42 Å². The number of nitrogens with zero attached hydrogens (tertiary/aromatic N) is 3. The van der Waals surface area contributed by atoms with Crippen LogP contribution in [0.5, 0.6) is 0 Å². The van der Waals surface area contributed by atoms with Crippen molar-refractivity contribution in [1.82, 2.24) is 15.1 Å². The summed E-state index contributed by atoms with van der Waals surface area (Å²) in [6.45, 7) is 4.84. The third-order valence-electron chi connectivity index (χ3n) is 3.78. The SMILES string of the molecule is NN1CCN(CCc2cc(-c3ccc(Cl)cc3)no2)CC1. The maximum absolute atomic E-state index is 5.89. The van der Waals surface area contributed by atoms with Gasteiger partial charge in [-0.2, -0.15) is 0 Å². The normalized spacial score (nSPS) is 17.2. The summed E-state index contributed by atoms with van der Waals surface area (Å²) in [6.07, 6.45) is 0.866. The molecule has 1 fully saturated rings. The minimum atomic E-state index is 0.724. The average Bonchev–Trinajstić information content (AvgIpc) is 2.96. The quantitative estimate of drug-likeness (QED) is 0.876. The summed E-state index contributed by atoms with van der Waals surface area (Å²) in [4.78, 5) is 2.40.